The SMILES string of the molecule is CCCOc1ccc(-c2c(S(N)(=O)=O)cccc2S(=O)(=O)O)cc1F. The molecular weight excluding hydrogens is 373 g/mol. The van der Waals surface area contributed by atoms with Crippen molar-refractivity contribution in [3.8, 4) is 16.9 Å². The van der Waals surface area contributed by atoms with Crippen LogP contribution in [0.4, 0.5) is 4.39 Å². The molecule has 10 heteroatoms. The summed E-state index contributed by atoms with van der Waals surface area (Å²) < 4.78 is 75.5. The van der Waals surface area contributed by atoms with Crippen LogP contribution in [0.15, 0.2) is 46.2 Å². The van der Waals surface area contributed by atoms with Crippen LogP contribution in [-0.4, -0.2) is 28.0 Å². The molecule has 0 heterocycles. The van der Waals surface area contributed by atoms with Crippen molar-refractivity contribution in [1.82, 2.24) is 0 Å². The highest BCUT2D eigenvalue weighted by Crippen LogP contribution is 2.35. The van der Waals surface area contributed by atoms with Gasteiger partial charge in [-0.05, 0) is 36.2 Å². The molecule has 0 amide bonds. The van der Waals surface area contributed by atoms with Crippen LogP contribution in [0, 0.1) is 5.82 Å². The van der Waals surface area contributed by atoms with Gasteiger partial charge >= 0.3 is 0 Å². The van der Waals surface area contributed by atoms with Crippen LogP contribution in [0.3, 0.4) is 0 Å². The second-order valence-electron chi connectivity index (χ2n) is 5.14. The molecule has 25 heavy (non-hydrogen) atoms. The van der Waals surface area contributed by atoms with E-state index in [2.05, 4.69) is 0 Å². The third-order valence-electron chi connectivity index (χ3n) is 3.25. The van der Waals surface area contributed by atoms with Gasteiger partial charge in [-0.25, -0.2) is 17.9 Å². The monoisotopic (exact) mass is 389 g/mol. The molecule has 136 valence electrons. The van der Waals surface area contributed by atoms with Crippen LogP contribution in [0.25, 0.3) is 11.1 Å². The zero-order chi connectivity index (χ0) is 18.8. The summed E-state index contributed by atoms with van der Waals surface area (Å²) in [6.45, 7) is 2.12. The summed E-state index contributed by atoms with van der Waals surface area (Å²) in [7, 11) is -9.11. The molecule has 0 aliphatic heterocycles. The molecule has 2 aromatic carbocycles. The number of sulfonamides is 1. The first-order chi connectivity index (χ1) is 11.6. The van der Waals surface area contributed by atoms with E-state index in [1.807, 2.05) is 6.92 Å². The molecule has 0 aliphatic rings. The number of benzene rings is 2. The van der Waals surface area contributed by atoms with E-state index >= 15 is 0 Å². The van der Waals surface area contributed by atoms with Gasteiger partial charge in [0.25, 0.3) is 10.1 Å². The van der Waals surface area contributed by atoms with Gasteiger partial charge in [0.2, 0.25) is 10.0 Å². The van der Waals surface area contributed by atoms with Crippen molar-refractivity contribution < 1.29 is 30.5 Å². The highest BCUT2D eigenvalue weighted by molar-refractivity contribution is 7.89. The minimum Gasteiger partial charge on any atom is -0.491 e. The molecule has 0 unspecified atom stereocenters. The largest absolute Gasteiger partial charge is 0.491 e. The molecule has 0 spiro atoms. The van der Waals surface area contributed by atoms with E-state index in [1.54, 1.807) is 0 Å². The number of nitrogens with two attached hydrogens (primary N) is 1. The number of halogens is 1. The predicted molar refractivity (Wildman–Crippen MR) is 88.8 cm³/mol. The van der Waals surface area contributed by atoms with Gasteiger partial charge in [-0.3, -0.25) is 4.55 Å². The molecule has 0 atom stereocenters. The van der Waals surface area contributed by atoms with Crippen molar-refractivity contribution in [2.24, 2.45) is 5.14 Å². The van der Waals surface area contributed by atoms with E-state index in [-0.39, 0.29) is 17.9 Å². The van der Waals surface area contributed by atoms with Gasteiger partial charge in [-0.2, -0.15) is 8.42 Å². The maximum absolute atomic E-state index is 14.2. The number of hydrogen-bond acceptors (Lipinski definition) is 5. The molecule has 0 radical (unpaired) electrons. The smallest absolute Gasteiger partial charge is 0.295 e. The molecule has 7 nitrogen and oxygen atoms in total. The van der Waals surface area contributed by atoms with Gasteiger partial charge in [-0.1, -0.05) is 19.1 Å². The topological polar surface area (TPSA) is 124 Å². The van der Waals surface area contributed by atoms with Crippen molar-refractivity contribution in [2.75, 3.05) is 6.61 Å². The molecule has 0 saturated carbocycles. The van der Waals surface area contributed by atoms with E-state index in [0.717, 1.165) is 24.3 Å². The van der Waals surface area contributed by atoms with Crippen molar-refractivity contribution >= 4 is 20.1 Å². The Morgan fingerprint density at radius 2 is 1.76 bits per heavy atom. The Morgan fingerprint density at radius 3 is 2.28 bits per heavy atom. The number of ether oxygens (including phenoxy) is 1. The quantitative estimate of drug-likeness (QED) is 0.730. The van der Waals surface area contributed by atoms with Gasteiger partial charge in [0.05, 0.1) is 11.5 Å². The maximum Gasteiger partial charge on any atom is 0.295 e. The first kappa shape index (κ1) is 19.3. The molecule has 0 saturated heterocycles. The minimum atomic E-state index is -4.78. The zero-order valence-corrected chi connectivity index (χ0v) is 14.8. The maximum atomic E-state index is 14.2. The molecule has 0 aliphatic carbocycles. The van der Waals surface area contributed by atoms with Crippen LogP contribution in [0.2, 0.25) is 0 Å². The van der Waals surface area contributed by atoms with Crippen molar-refractivity contribution in [3.05, 3.63) is 42.2 Å². The van der Waals surface area contributed by atoms with E-state index < -0.39 is 41.3 Å². The third kappa shape index (κ3) is 4.34. The fourth-order valence-electron chi connectivity index (χ4n) is 2.23. The van der Waals surface area contributed by atoms with Crippen LogP contribution < -0.4 is 9.88 Å². The number of primary sulfonamides is 1. The standard InChI is InChI=1S/C15H16FNO6S2/c1-2-8-23-12-7-6-10(9-11(12)16)15-13(24(17,18)19)4-3-5-14(15)25(20,21)22/h3-7,9H,2,8H2,1H3,(H2,17,18,19)(H,20,21,22). The molecule has 3 N–H and O–H groups in total. The summed E-state index contributed by atoms with van der Waals surface area (Å²) in [4.78, 5) is -1.25. The van der Waals surface area contributed by atoms with Gasteiger partial charge < -0.3 is 4.74 Å². The van der Waals surface area contributed by atoms with Crippen LogP contribution in [0.1, 0.15) is 13.3 Å². The normalized spacial score (nSPS) is 12.2. The highest BCUT2D eigenvalue weighted by atomic mass is 32.2. The number of hydrogen-bond donors (Lipinski definition) is 2. The van der Waals surface area contributed by atoms with Crippen molar-refractivity contribution in [2.45, 2.75) is 23.1 Å². The summed E-state index contributed by atoms with van der Waals surface area (Å²) >= 11 is 0. The predicted octanol–water partition coefficient (Wildman–Crippen LogP) is 2.18. The average Bonchev–Trinajstić information content (AvgIpc) is 2.51. The van der Waals surface area contributed by atoms with Crippen molar-refractivity contribution in [1.29, 1.82) is 0 Å². The zero-order valence-electron chi connectivity index (χ0n) is 13.1. The molecule has 2 rings (SSSR count). The Hall–Kier alpha value is -2.01. The number of rotatable bonds is 6. The van der Waals surface area contributed by atoms with Gasteiger partial charge in [0.1, 0.15) is 4.90 Å². The van der Waals surface area contributed by atoms with E-state index in [1.165, 1.54) is 12.1 Å². The third-order valence-corrected chi connectivity index (χ3v) is 5.10. The lowest BCUT2D eigenvalue weighted by molar-refractivity contribution is 0.301. The Balaban J connectivity index is 2.75. The van der Waals surface area contributed by atoms with Gasteiger partial charge in [0.15, 0.2) is 11.6 Å². The van der Waals surface area contributed by atoms with Crippen molar-refractivity contribution in [3.63, 3.8) is 0 Å². The molecule has 0 fully saturated rings. The lowest BCUT2D eigenvalue weighted by atomic mass is 10.1. The Labute approximate surface area is 145 Å². The Bertz CT molecular complexity index is 952. The summed E-state index contributed by atoms with van der Waals surface area (Å²) in [5.74, 6) is -0.872. The fraction of sp³-hybridized carbons (Fsp3) is 0.200. The molecular formula is C15H16FNO6S2. The van der Waals surface area contributed by atoms with E-state index in [4.69, 9.17) is 9.88 Å². The fourth-order valence-corrected chi connectivity index (χ4v) is 3.81. The summed E-state index contributed by atoms with van der Waals surface area (Å²) in [6, 6.07) is 6.63. The lowest BCUT2D eigenvalue weighted by Crippen LogP contribution is -2.15. The lowest BCUT2D eigenvalue weighted by Gasteiger charge is -2.13. The van der Waals surface area contributed by atoms with E-state index in [9.17, 15) is 25.8 Å². The molecule has 0 bridgehead atoms. The summed E-state index contributed by atoms with van der Waals surface area (Å²) in [6.07, 6.45) is 0.655. The van der Waals surface area contributed by atoms with E-state index in [0.29, 0.717) is 6.42 Å². The summed E-state index contributed by atoms with van der Waals surface area (Å²) in [5.41, 5.74) is -0.493. The average molecular weight is 389 g/mol. The van der Waals surface area contributed by atoms with Crippen LogP contribution in [0.5, 0.6) is 5.75 Å². The van der Waals surface area contributed by atoms with Crippen LogP contribution in [-0.2, 0) is 20.1 Å². The Morgan fingerprint density at radius 1 is 1.12 bits per heavy atom. The van der Waals surface area contributed by atoms with Crippen LogP contribution >= 0.6 is 0 Å². The minimum absolute atomic E-state index is 0.0629. The molecule has 2 aromatic rings. The highest BCUT2D eigenvalue weighted by Gasteiger charge is 2.25. The van der Waals surface area contributed by atoms with Gasteiger partial charge in [0, 0.05) is 5.56 Å². The second kappa shape index (κ2) is 7.08. The first-order valence-electron chi connectivity index (χ1n) is 7.11. The summed E-state index contributed by atoms with van der Waals surface area (Å²) in [5, 5.41) is 5.12. The molecule has 0 aromatic heterocycles. The van der Waals surface area contributed by atoms with Gasteiger partial charge in [-0.15, -0.1) is 0 Å². The second-order valence-corrected chi connectivity index (χ2v) is 8.06. The first-order valence-corrected chi connectivity index (χ1v) is 10.1. The Kier molecular flexibility index (Phi) is 5.47.